The van der Waals surface area contributed by atoms with Crippen LogP contribution in [0.5, 0.6) is 5.75 Å². The first-order chi connectivity index (χ1) is 24.0. The van der Waals surface area contributed by atoms with Gasteiger partial charge in [-0.15, -0.1) is 11.8 Å². The Hall–Kier alpha value is -4.07. The molecule has 270 valence electrons. The molecule has 0 bridgehead atoms. The smallest absolute Gasteiger partial charge is 0.326 e. The quantitative estimate of drug-likeness (QED) is 0.120. The molecule has 2 atom stereocenters. The molecular weight excluding hydrogens is 677 g/mol. The van der Waals surface area contributed by atoms with E-state index in [9.17, 15) is 27.9 Å². The van der Waals surface area contributed by atoms with Gasteiger partial charge in [-0.3, -0.25) is 9.59 Å². The van der Waals surface area contributed by atoms with E-state index in [2.05, 4.69) is 34.1 Å². The zero-order chi connectivity index (χ0) is 36.3. The van der Waals surface area contributed by atoms with E-state index in [-0.39, 0.29) is 17.1 Å². The number of unbranched alkanes of at least 4 members (excludes halogenated alkanes) is 2. The van der Waals surface area contributed by atoms with E-state index in [0.717, 1.165) is 31.4 Å². The molecule has 0 aromatic heterocycles. The lowest BCUT2D eigenvalue weighted by Crippen LogP contribution is -2.53. The molecule has 2 unspecified atom stereocenters. The number of fused-ring (bicyclic) bond motifs is 1. The second-order valence-corrected chi connectivity index (χ2v) is 15.0. The number of aliphatic carboxylic acids is 1. The fraction of sp³-hybridized carbons (Fsp3) is 0.432. The van der Waals surface area contributed by atoms with Gasteiger partial charge in [-0.05, 0) is 49.3 Å². The fourth-order valence-corrected chi connectivity index (χ4v) is 8.33. The molecule has 0 radical (unpaired) electrons. The Labute approximate surface area is 299 Å². The molecule has 2 amide bonds. The van der Waals surface area contributed by atoms with Crippen molar-refractivity contribution in [2.24, 2.45) is 0 Å². The van der Waals surface area contributed by atoms with E-state index >= 15 is 0 Å². The molecule has 1 aliphatic rings. The minimum absolute atomic E-state index is 0.0465. The molecule has 11 nitrogen and oxygen atoms in total. The van der Waals surface area contributed by atoms with Crippen LogP contribution < -0.4 is 25.0 Å². The third-order valence-electron chi connectivity index (χ3n) is 8.80. The second-order valence-electron chi connectivity index (χ2n) is 12.5. The predicted molar refractivity (Wildman–Crippen MR) is 196 cm³/mol. The number of hydrogen-bond acceptors (Lipinski definition) is 8. The van der Waals surface area contributed by atoms with Crippen LogP contribution in [-0.2, 0) is 24.4 Å². The summed E-state index contributed by atoms with van der Waals surface area (Å²) in [5.74, 6) is -2.30. The Bertz CT molecular complexity index is 1710. The molecule has 0 spiro atoms. The number of ether oxygens (including phenoxy) is 1. The number of rotatable bonds is 17. The van der Waals surface area contributed by atoms with Crippen LogP contribution in [0.3, 0.4) is 0 Å². The number of nitrogens with zero attached hydrogens (tertiary/aromatic N) is 1. The standard InChI is InChI=1S/C37H48N4O7S2/c1-5-8-20-37(21-9-6-2)25-41(27-18-14-11-15-19-27)29-22-31(49-4)30(23-32(29)50(46,47)40-37)48-24-33(42)39-34(26-16-12-10-13-17-26)35(43)38-28(7-3)36(44)45/h10-19,22-23,28,34,40H,5-9,20-21,24-25H2,1-4H3,(H,38,43)(H,39,42)(H,44,45). The number of hydrogen-bond donors (Lipinski definition) is 4. The van der Waals surface area contributed by atoms with E-state index in [1.807, 2.05) is 36.6 Å². The van der Waals surface area contributed by atoms with Crippen molar-refractivity contribution >= 4 is 50.9 Å². The van der Waals surface area contributed by atoms with Crippen molar-refractivity contribution in [2.45, 2.75) is 93.1 Å². The van der Waals surface area contributed by atoms with Gasteiger partial charge in [0.2, 0.25) is 15.9 Å². The van der Waals surface area contributed by atoms with Gasteiger partial charge in [0.25, 0.3) is 5.91 Å². The average molecular weight is 725 g/mol. The maximum Gasteiger partial charge on any atom is 0.326 e. The molecule has 3 aromatic rings. The Morgan fingerprint density at radius 1 is 0.960 bits per heavy atom. The molecule has 0 aliphatic carbocycles. The lowest BCUT2D eigenvalue weighted by atomic mass is 9.87. The van der Waals surface area contributed by atoms with Gasteiger partial charge in [-0.25, -0.2) is 17.9 Å². The highest BCUT2D eigenvalue weighted by Crippen LogP contribution is 2.44. The first-order valence-corrected chi connectivity index (χ1v) is 19.8. The van der Waals surface area contributed by atoms with Gasteiger partial charge in [-0.2, -0.15) is 0 Å². The fourth-order valence-electron chi connectivity index (χ4n) is 6.13. The maximum atomic E-state index is 14.3. The Kier molecular flexibility index (Phi) is 13.7. The number of nitrogens with one attached hydrogen (secondary N) is 3. The number of thioether (sulfide) groups is 1. The highest BCUT2D eigenvalue weighted by molar-refractivity contribution is 7.98. The molecule has 50 heavy (non-hydrogen) atoms. The number of carbonyl (C=O) groups is 3. The normalized spacial score (nSPS) is 16.0. The third-order valence-corrected chi connectivity index (χ3v) is 11.2. The molecule has 1 heterocycles. The van der Waals surface area contributed by atoms with Crippen LogP contribution in [0, 0.1) is 0 Å². The van der Waals surface area contributed by atoms with Crippen molar-refractivity contribution in [2.75, 3.05) is 24.3 Å². The number of benzene rings is 3. The highest BCUT2D eigenvalue weighted by atomic mass is 32.2. The van der Waals surface area contributed by atoms with Crippen molar-refractivity contribution in [1.29, 1.82) is 0 Å². The Morgan fingerprint density at radius 2 is 1.58 bits per heavy atom. The largest absolute Gasteiger partial charge is 0.483 e. The van der Waals surface area contributed by atoms with Crippen LogP contribution in [0.4, 0.5) is 11.4 Å². The topological polar surface area (TPSA) is 154 Å². The molecule has 13 heteroatoms. The number of carboxylic acids is 1. The number of sulfonamides is 1. The van der Waals surface area contributed by atoms with Crippen LogP contribution in [0.15, 0.2) is 82.6 Å². The monoisotopic (exact) mass is 724 g/mol. The van der Waals surface area contributed by atoms with Gasteiger partial charge in [0.1, 0.15) is 22.7 Å². The van der Waals surface area contributed by atoms with E-state index < -0.39 is 52.0 Å². The molecule has 1 aliphatic heterocycles. The summed E-state index contributed by atoms with van der Waals surface area (Å²) >= 11 is 1.36. The van der Waals surface area contributed by atoms with Crippen LogP contribution in [-0.4, -0.2) is 62.3 Å². The third kappa shape index (κ3) is 9.58. The number of carbonyl (C=O) groups excluding carboxylic acids is 2. The van der Waals surface area contributed by atoms with Crippen LogP contribution in [0.25, 0.3) is 0 Å². The lowest BCUT2D eigenvalue weighted by molar-refractivity contribution is -0.142. The summed E-state index contributed by atoms with van der Waals surface area (Å²) in [4.78, 5) is 40.9. The molecule has 0 saturated heterocycles. The molecule has 3 aromatic carbocycles. The Balaban J connectivity index is 1.68. The molecular formula is C37H48N4O7S2. The van der Waals surface area contributed by atoms with Crippen molar-refractivity contribution in [3.8, 4) is 5.75 Å². The van der Waals surface area contributed by atoms with Gasteiger partial charge in [-0.1, -0.05) is 95.0 Å². The van der Waals surface area contributed by atoms with Crippen LogP contribution in [0.1, 0.15) is 77.3 Å². The summed E-state index contributed by atoms with van der Waals surface area (Å²) in [5, 5.41) is 14.6. The van der Waals surface area contributed by atoms with Crippen molar-refractivity contribution in [3.63, 3.8) is 0 Å². The van der Waals surface area contributed by atoms with E-state index in [1.165, 1.54) is 17.8 Å². The molecule has 4 rings (SSSR count). The van der Waals surface area contributed by atoms with Crippen molar-refractivity contribution in [3.05, 3.63) is 78.4 Å². The summed E-state index contributed by atoms with van der Waals surface area (Å²) in [7, 11) is -4.04. The summed E-state index contributed by atoms with van der Waals surface area (Å²) in [6, 6.07) is 19.2. The average Bonchev–Trinajstić information content (AvgIpc) is 3.21. The minimum Gasteiger partial charge on any atom is -0.483 e. The molecule has 0 saturated carbocycles. The number of carboxylic acid groups (broad SMARTS) is 1. The SMILES string of the molecule is CCCCC1(CCCC)CN(c2ccccc2)c2cc(SC)c(OCC(=O)NC(C(=O)NC(CC)C(=O)O)c3ccccc3)cc2S(=O)(=O)N1. The van der Waals surface area contributed by atoms with E-state index in [4.69, 9.17) is 4.74 Å². The van der Waals surface area contributed by atoms with Gasteiger partial charge < -0.3 is 25.4 Å². The predicted octanol–water partition coefficient (Wildman–Crippen LogP) is 6.17. The number of para-hydroxylation sites is 1. The molecule has 4 N–H and O–H groups in total. The van der Waals surface area contributed by atoms with Gasteiger partial charge >= 0.3 is 5.97 Å². The summed E-state index contributed by atoms with van der Waals surface area (Å²) in [6.45, 7) is 5.76. The maximum absolute atomic E-state index is 14.3. The van der Waals surface area contributed by atoms with Gasteiger partial charge in [0.15, 0.2) is 6.61 Å². The minimum atomic E-state index is -4.04. The second kappa shape index (κ2) is 17.7. The van der Waals surface area contributed by atoms with Gasteiger partial charge in [0.05, 0.1) is 16.1 Å². The zero-order valence-corrected chi connectivity index (χ0v) is 30.7. The Morgan fingerprint density at radius 3 is 2.14 bits per heavy atom. The number of anilines is 2. The van der Waals surface area contributed by atoms with Crippen molar-refractivity contribution < 1.29 is 32.6 Å². The highest BCUT2D eigenvalue weighted by Gasteiger charge is 2.42. The van der Waals surface area contributed by atoms with Gasteiger partial charge in [0, 0.05) is 18.3 Å². The summed E-state index contributed by atoms with van der Waals surface area (Å²) in [5.41, 5.74) is 1.14. The number of amides is 2. The summed E-state index contributed by atoms with van der Waals surface area (Å²) < 4.78 is 37.7. The zero-order valence-electron chi connectivity index (χ0n) is 29.1. The first-order valence-electron chi connectivity index (χ1n) is 17.1. The van der Waals surface area contributed by atoms with E-state index in [0.29, 0.717) is 35.5 Å². The van der Waals surface area contributed by atoms with Crippen LogP contribution in [0.2, 0.25) is 0 Å². The first kappa shape index (κ1) is 38.7. The van der Waals surface area contributed by atoms with Crippen molar-refractivity contribution in [1.82, 2.24) is 15.4 Å². The van der Waals surface area contributed by atoms with E-state index in [1.54, 1.807) is 43.3 Å². The van der Waals surface area contributed by atoms with Crippen LogP contribution >= 0.6 is 11.8 Å². The molecule has 0 fully saturated rings. The lowest BCUT2D eigenvalue weighted by Gasteiger charge is -2.37. The summed E-state index contributed by atoms with van der Waals surface area (Å²) in [6.07, 6.45) is 6.95.